The Morgan fingerprint density at radius 2 is 1.95 bits per heavy atom. The minimum absolute atomic E-state index is 0.0990. The fraction of sp³-hybridized carbons (Fsp3) is 0.444. The number of ether oxygens (including phenoxy) is 1. The maximum absolute atomic E-state index is 5.96. The van der Waals surface area contributed by atoms with Gasteiger partial charge in [0.25, 0.3) is 0 Å². The van der Waals surface area contributed by atoms with Gasteiger partial charge in [-0.05, 0) is 58.0 Å². The Hall–Kier alpha value is -1.74. The molecule has 0 aliphatic carbocycles. The van der Waals surface area contributed by atoms with Crippen molar-refractivity contribution >= 4 is 0 Å². The van der Waals surface area contributed by atoms with Crippen LogP contribution in [0, 0.1) is 13.8 Å². The van der Waals surface area contributed by atoms with Gasteiger partial charge in [0.05, 0.1) is 6.04 Å². The van der Waals surface area contributed by atoms with Crippen LogP contribution in [-0.4, -0.2) is 12.6 Å². The van der Waals surface area contributed by atoms with E-state index in [2.05, 4.69) is 43.4 Å². The summed E-state index contributed by atoms with van der Waals surface area (Å²) in [5, 5.41) is 3.40. The van der Waals surface area contributed by atoms with E-state index in [4.69, 9.17) is 9.15 Å². The van der Waals surface area contributed by atoms with Crippen LogP contribution in [-0.2, 0) is 6.42 Å². The van der Waals surface area contributed by atoms with Crippen molar-refractivity contribution in [2.24, 2.45) is 0 Å². The van der Waals surface area contributed by atoms with Gasteiger partial charge in [0.1, 0.15) is 22.9 Å². The highest BCUT2D eigenvalue weighted by Gasteiger charge is 2.30. The molecule has 0 saturated carbocycles. The Kier molecular flexibility index (Phi) is 3.33. The van der Waals surface area contributed by atoms with Crippen molar-refractivity contribution in [3.05, 3.63) is 52.5 Å². The Morgan fingerprint density at radius 3 is 2.57 bits per heavy atom. The van der Waals surface area contributed by atoms with E-state index in [9.17, 15) is 0 Å². The third-order valence-corrected chi connectivity index (χ3v) is 4.10. The summed E-state index contributed by atoms with van der Waals surface area (Å²) in [6.07, 6.45) is 0.954. The molecular formula is C18H23NO2. The van der Waals surface area contributed by atoms with E-state index in [1.807, 2.05) is 20.9 Å². The second kappa shape index (κ2) is 4.92. The maximum atomic E-state index is 5.96. The van der Waals surface area contributed by atoms with Crippen LogP contribution in [0.2, 0.25) is 0 Å². The first kappa shape index (κ1) is 14.2. The van der Waals surface area contributed by atoms with Crippen LogP contribution < -0.4 is 10.1 Å². The molecule has 0 radical (unpaired) electrons. The predicted octanol–water partition coefficient (Wildman–Crippen LogP) is 3.92. The van der Waals surface area contributed by atoms with Gasteiger partial charge in [0.2, 0.25) is 0 Å². The van der Waals surface area contributed by atoms with Gasteiger partial charge in [-0.25, -0.2) is 0 Å². The Labute approximate surface area is 126 Å². The van der Waals surface area contributed by atoms with E-state index in [-0.39, 0.29) is 11.6 Å². The fourth-order valence-corrected chi connectivity index (χ4v) is 3.25. The molecule has 1 aliphatic rings. The summed E-state index contributed by atoms with van der Waals surface area (Å²) in [4.78, 5) is 0. The number of hydrogen-bond acceptors (Lipinski definition) is 3. The molecule has 0 spiro atoms. The van der Waals surface area contributed by atoms with Crippen LogP contribution >= 0.6 is 0 Å². The molecule has 0 fully saturated rings. The summed E-state index contributed by atoms with van der Waals surface area (Å²) in [5.41, 5.74) is 3.64. The lowest BCUT2D eigenvalue weighted by Gasteiger charge is -2.17. The summed E-state index contributed by atoms with van der Waals surface area (Å²) in [7, 11) is 1.99. The molecule has 0 saturated heterocycles. The molecule has 2 heterocycles. The average Bonchev–Trinajstić information content (AvgIpc) is 2.88. The van der Waals surface area contributed by atoms with Gasteiger partial charge in [0, 0.05) is 12.0 Å². The summed E-state index contributed by atoms with van der Waals surface area (Å²) < 4.78 is 11.6. The van der Waals surface area contributed by atoms with E-state index in [1.54, 1.807) is 0 Å². The maximum Gasteiger partial charge on any atom is 0.123 e. The highest BCUT2D eigenvalue weighted by Crippen LogP contribution is 2.37. The van der Waals surface area contributed by atoms with Crippen LogP contribution in [0.4, 0.5) is 0 Å². The molecule has 3 heteroatoms. The lowest BCUT2D eigenvalue weighted by molar-refractivity contribution is 0.138. The zero-order valence-corrected chi connectivity index (χ0v) is 13.4. The number of rotatable bonds is 3. The molecule has 112 valence electrons. The largest absolute Gasteiger partial charge is 0.487 e. The van der Waals surface area contributed by atoms with Crippen molar-refractivity contribution in [3.63, 3.8) is 0 Å². The summed E-state index contributed by atoms with van der Waals surface area (Å²) in [6.45, 7) is 8.27. The van der Waals surface area contributed by atoms with E-state index >= 15 is 0 Å². The fourth-order valence-electron chi connectivity index (χ4n) is 3.25. The van der Waals surface area contributed by atoms with Gasteiger partial charge in [-0.1, -0.05) is 12.1 Å². The first-order valence-corrected chi connectivity index (χ1v) is 7.46. The van der Waals surface area contributed by atoms with Crippen molar-refractivity contribution in [1.29, 1.82) is 0 Å². The van der Waals surface area contributed by atoms with Crippen molar-refractivity contribution in [2.45, 2.75) is 45.8 Å². The molecular weight excluding hydrogens is 262 g/mol. The molecule has 3 nitrogen and oxygen atoms in total. The number of furan rings is 1. The second-order valence-electron chi connectivity index (χ2n) is 6.50. The molecule has 3 rings (SSSR count). The monoisotopic (exact) mass is 285 g/mol. The predicted molar refractivity (Wildman–Crippen MR) is 83.9 cm³/mol. The molecule has 1 unspecified atom stereocenters. The van der Waals surface area contributed by atoms with Crippen molar-refractivity contribution in [2.75, 3.05) is 7.05 Å². The van der Waals surface area contributed by atoms with Gasteiger partial charge in [0.15, 0.2) is 0 Å². The zero-order valence-electron chi connectivity index (χ0n) is 13.4. The molecule has 0 amide bonds. The van der Waals surface area contributed by atoms with Gasteiger partial charge < -0.3 is 14.5 Å². The highest BCUT2D eigenvalue weighted by atomic mass is 16.5. The first-order chi connectivity index (χ1) is 9.89. The quantitative estimate of drug-likeness (QED) is 0.928. The van der Waals surface area contributed by atoms with E-state index < -0.39 is 0 Å². The smallest absolute Gasteiger partial charge is 0.123 e. The Bertz CT molecular complexity index is 670. The van der Waals surface area contributed by atoms with Gasteiger partial charge in [-0.2, -0.15) is 0 Å². The highest BCUT2D eigenvalue weighted by molar-refractivity contribution is 5.45. The van der Waals surface area contributed by atoms with Gasteiger partial charge in [-0.15, -0.1) is 0 Å². The zero-order chi connectivity index (χ0) is 15.2. The lowest BCUT2D eigenvalue weighted by atomic mass is 9.94. The number of fused-ring (bicyclic) bond motifs is 1. The second-order valence-corrected chi connectivity index (χ2v) is 6.50. The van der Waals surface area contributed by atoms with Gasteiger partial charge >= 0.3 is 0 Å². The average molecular weight is 285 g/mol. The third-order valence-electron chi connectivity index (χ3n) is 4.10. The van der Waals surface area contributed by atoms with Gasteiger partial charge in [-0.3, -0.25) is 0 Å². The summed E-state index contributed by atoms with van der Waals surface area (Å²) in [6, 6.07) is 8.75. The molecule has 1 N–H and O–H groups in total. The lowest BCUT2D eigenvalue weighted by Crippen LogP contribution is -2.24. The molecule has 1 atom stereocenters. The minimum atomic E-state index is -0.0990. The number of nitrogens with one attached hydrogen (secondary N) is 1. The molecule has 1 aliphatic heterocycles. The topological polar surface area (TPSA) is 34.4 Å². The molecule has 2 aromatic rings. The van der Waals surface area contributed by atoms with Crippen molar-refractivity contribution < 1.29 is 9.15 Å². The molecule has 1 aromatic heterocycles. The standard InChI is InChI=1S/C18H23NO2/c1-11-8-15(12(2)20-11)17(19-5)13-6-7-16-14(9-13)10-18(3,4)21-16/h6-9,17,19H,10H2,1-5H3. The Morgan fingerprint density at radius 1 is 1.19 bits per heavy atom. The summed E-state index contributed by atoms with van der Waals surface area (Å²) >= 11 is 0. The van der Waals surface area contributed by atoms with Crippen LogP contribution in [0.15, 0.2) is 28.7 Å². The molecule has 21 heavy (non-hydrogen) atoms. The SMILES string of the molecule is CNC(c1ccc2c(c1)CC(C)(C)O2)c1cc(C)oc1C. The third kappa shape index (κ3) is 2.58. The van der Waals surface area contributed by atoms with Crippen LogP contribution in [0.5, 0.6) is 5.75 Å². The van der Waals surface area contributed by atoms with E-state index in [1.165, 1.54) is 16.7 Å². The molecule has 1 aromatic carbocycles. The number of benzene rings is 1. The van der Waals surface area contributed by atoms with E-state index in [0.717, 1.165) is 23.7 Å². The van der Waals surface area contributed by atoms with Crippen LogP contribution in [0.25, 0.3) is 0 Å². The minimum Gasteiger partial charge on any atom is -0.487 e. The first-order valence-electron chi connectivity index (χ1n) is 7.46. The number of aryl methyl sites for hydroxylation is 2. The molecule has 0 bridgehead atoms. The normalized spacial score (nSPS) is 17.4. The summed E-state index contributed by atoms with van der Waals surface area (Å²) in [5.74, 6) is 2.94. The van der Waals surface area contributed by atoms with Crippen LogP contribution in [0.1, 0.15) is 48.1 Å². The van der Waals surface area contributed by atoms with E-state index in [0.29, 0.717) is 0 Å². The van der Waals surface area contributed by atoms with Crippen molar-refractivity contribution in [1.82, 2.24) is 5.32 Å². The van der Waals surface area contributed by atoms with Crippen LogP contribution in [0.3, 0.4) is 0 Å². The van der Waals surface area contributed by atoms with Crippen molar-refractivity contribution in [3.8, 4) is 5.75 Å². The Balaban J connectivity index is 1.98. The number of hydrogen-bond donors (Lipinski definition) is 1.